The summed E-state index contributed by atoms with van der Waals surface area (Å²) in [5.74, 6) is 1.43. The highest BCUT2D eigenvalue weighted by atomic mass is 16.5. The van der Waals surface area contributed by atoms with Gasteiger partial charge in [-0.15, -0.1) is 0 Å². The molecule has 0 saturated carbocycles. The van der Waals surface area contributed by atoms with E-state index in [0.717, 1.165) is 23.4 Å². The van der Waals surface area contributed by atoms with Crippen LogP contribution >= 0.6 is 0 Å². The van der Waals surface area contributed by atoms with E-state index in [0.29, 0.717) is 16.7 Å². The summed E-state index contributed by atoms with van der Waals surface area (Å²) >= 11 is 0. The number of H-pyrrole nitrogens is 1. The van der Waals surface area contributed by atoms with Gasteiger partial charge in [0.05, 0.1) is 17.0 Å². The van der Waals surface area contributed by atoms with Crippen molar-refractivity contribution in [3.05, 3.63) is 58.4 Å². The minimum absolute atomic E-state index is 0.102. The summed E-state index contributed by atoms with van der Waals surface area (Å²) in [4.78, 5) is 21.9. The molecule has 1 heterocycles. The van der Waals surface area contributed by atoms with Crippen LogP contribution in [-0.4, -0.2) is 35.1 Å². The maximum absolute atomic E-state index is 12.3. The number of hydrogen-bond donors (Lipinski definition) is 1. The molecule has 0 fully saturated rings. The Balaban J connectivity index is 2.09. The number of benzene rings is 2. The van der Waals surface area contributed by atoms with Crippen LogP contribution in [0.4, 0.5) is 0 Å². The number of para-hydroxylation sites is 1. The van der Waals surface area contributed by atoms with E-state index in [2.05, 4.69) is 14.9 Å². The minimum Gasteiger partial charge on any atom is -0.491 e. The van der Waals surface area contributed by atoms with Crippen molar-refractivity contribution in [2.24, 2.45) is 0 Å². The van der Waals surface area contributed by atoms with Gasteiger partial charge in [0.15, 0.2) is 0 Å². The van der Waals surface area contributed by atoms with Crippen LogP contribution < -0.4 is 10.3 Å². The van der Waals surface area contributed by atoms with Crippen LogP contribution in [0.15, 0.2) is 47.3 Å². The number of nitrogens with one attached hydrogen (secondary N) is 1. The summed E-state index contributed by atoms with van der Waals surface area (Å²) in [6.07, 6.45) is 0.102. The molecule has 0 atom stereocenters. The molecule has 0 aliphatic heterocycles. The van der Waals surface area contributed by atoms with Gasteiger partial charge in [-0.05, 0) is 58.3 Å². The fraction of sp³-hybridized carbons (Fsp3) is 0.300. The molecule has 0 unspecified atom stereocenters. The number of hydrogen-bond acceptors (Lipinski definition) is 4. The second kappa shape index (κ2) is 7.07. The summed E-state index contributed by atoms with van der Waals surface area (Å²) in [6.45, 7) is 4.76. The Morgan fingerprint density at radius 1 is 1.16 bits per heavy atom. The number of rotatable bonds is 5. The summed E-state index contributed by atoms with van der Waals surface area (Å²) in [6, 6.07) is 13.3. The van der Waals surface area contributed by atoms with Crippen molar-refractivity contribution >= 4 is 10.9 Å². The Morgan fingerprint density at radius 2 is 1.92 bits per heavy atom. The first-order chi connectivity index (χ1) is 11.9. The Morgan fingerprint density at radius 3 is 2.64 bits per heavy atom. The first-order valence-electron chi connectivity index (χ1n) is 8.38. The summed E-state index contributed by atoms with van der Waals surface area (Å²) in [5.41, 5.74) is 2.50. The molecule has 0 saturated heterocycles. The van der Waals surface area contributed by atoms with Crippen LogP contribution in [-0.2, 0) is 6.54 Å². The van der Waals surface area contributed by atoms with Gasteiger partial charge in [0.1, 0.15) is 11.6 Å². The molecular weight excluding hydrogens is 314 g/mol. The highest BCUT2D eigenvalue weighted by Gasteiger charge is 2.11. The minimum atomic E-state index is -0.128. The molecule has 130 valence electrons. The molecule has 3 aromatic rings. The molecule has 0 bridgehead atoms. The predicted molar refractivity (Wildman–Crippen MR) is 101 cm³/mol. The highest BCUT2D eigenvalue weighted by molar-refractivity contribution is 5.79. The second-order valence-corrected chi connectivity index (χ2v) is 6.66. The lowest BCUT2D eigenvalue weighted by Gasteiger charge is -2.18. The molecule has 1 aromatic heterocycles. The van der Waals surface area contributed by atoms with Gasteiger partial charge in [0, 0.05) is 17.7 Å². The van der Waals surface area contributed by atoms with Gasteiger partial charge in [-0.25, -0.2) is 4.98 Å². The Labute approximate surface area is 147 Å². The molecule has 1 N–H and O–H groups in total. The van der Waals surface area contributed by atoms with E-state index in [9.17, 15) is 4.79 Å². The molecule has 0 radical (unpaired) electrons. The van der Waals surface area contributed by atoms with E-state index in [4.69, 9.17) is 4.74 Å². The molecule has 0 spiro atoms. The zero-order valence-electron chi connectivity index (χ0n) is 15.0. The molecular formula is C20H23N3O2. The van der Waals surface area contributed by atoms with Crippen molar-refractivity contribution in [2.75, 3.05) is 14.1 Å². The normalized spacial score (nSPS) is 11.4. The topological polar surface area (TPSA) is 58.2 Å². The van der Waals surface area contributed by atoms with Crippen LogP contribution in [0.2, 0.25) is 0 Å². The average Bonchev–Trinajstić information content (AvgIpc) is 2.55. The lowest BCUT2D eigenvalue weighted by molar-refractivity contribution is 0.236. The van der Waals surface area contributed by atoms with E-state index in [1.165, 1.54) is 0 Å². The second-order valence-electron chi connectivity index (χ2n) is 6.66. The molecule has 0 aliphatic carbocycles. The van der Waals surface area contributed by atoms with Crippen LogP contribution in [0.5, 0.6) is 5.75 Å². The van der Waals surface area contributed by atoms with Gasteiger partial charge in [0.25, 0.3) is 5.56 Å². The smallest absolute Gasteiger partial charge is 0.259 e. The number of ether oxygens (including phenoxy) is 1. The fourth-order valence-electron chi connectivity index (χ4n) is 2.78. The van der Waals surface area contributed by atoms with Gasteiger partial charge in [-0.3, -0.25) is 4.79 Å². The Kier molecular flexibility index (Phi) is 4.86. The quantitative estimate of drug-likeness (QED) is 0.775. The fourth-order valence-corrected chi connectivity index (χ4v) is 2.78. The van der Waals surface area contributed by atoms with Gasteiger partial charge in [-0.2, -0.15) is 0 Å². The van der Waals surface area contributed by atoms with Gasteiger partial charge < -0.3 is 14.6 Å². The third kappa shape index (κ3) is 3.88. The number of fused-ring (bicyclic) bond motifs is 1. The molecule has 5 heteroatoms. The number of aromatic nitrogens is 2. The van der Waals surface area contributed by atoms with Crippen LogP contribution in [0.3, 0.4) is 0 Å². The summed E-state index contributed by atoms with van der Waals surface area (Å²) in [7, 11) is 4.03. The third-order valence-electron chi connectivity index (χ3n) is 3.80. The van der Waals surface area contributed by atoms with Crippen LogP contribution in [0, 0.1) is 0 Å². The van der Waals surface area contributed by atoms with Crippen molar-refractivity contribution < 1.29 is 4.74 Å². The maximum Gasteiger partial charge on any atom is 0.259 e. The van der Waals surface area contributed by atoms with Crippen molar-refractivity contribution in [1.82, 2.24) is 14.9 Å². The van der Waals surface area contributed by atoms with Crippen molar-refractivity contribution in [1.29, 1.82) is 0 Å². The van der Waals surface area contributed by atoms with E-state index in [1.807, 2.05) is 64.3 Å². The number of aromatic amines is 1. The SMILES string of the molecule is CC(C)Oc1ccc(-c2nc3ccccc3c(=O)[nH]2)cc1CN(C)C. The largest absolute Gasteiger partial charge is 0.491 e. The third-order valence-corrected chi connectivity index (χ3v) is 3.80. The van der Waals surface area contributed by atoms with E-state index in [1.54, 1.807) is 6.07 Å². The van der Waals surface area contributed by atoms with Gasteiger partial charge >= 0.3 is 0 Å². The van der Waals surface area contributed by atoms with E-state index < -0.39 is 0 Å². The van der Waals surface area contributed by atoms with E-state index in [-0.39, 0.29) is 11.7 Å². The van der Waals surface area contributed by atoms with Crippen LogP contribution in [0.25, 0.3) is 22.3 Å². The first-order valence-corrected chi connectivity index (χ1v) is 8.38. The maximum atomic E-state index is 12.3. The average molecular weight is 337 g/mol. The lowest BCUT2D eigenvalue weighted by atomic mass is 10.1. The predicted octanol–water partition coefficient (Wildman–Crippen LogP) is 3.44. The molecule has 25 heavy (non-hydrogen) atoms. The molecule has 0 aliphatic rings. The van der Waals surface area contributed by atoms with Crippen molar-refractivity contribution in [3.63, 3.8) is 0 Å². The number of nitrogens with zero attached hydrogens (tertiary/aromatic N) is 2. The van der Waals surface area contributed by atoms with Crippen molar-refractivity contribution in [3.8, 4) is 17.1 Å². The summed E-state index contributed by atoms with van der Waals surface area (Å²) in [5, 5.41) is 0.597. The molecule has 0 amide bonds. The zero-order chi connectivity index (χ0) is 18.0. The monoisotopic (exact) mass is 337 g/mol. The van der Waals surface area contributed by atoms with Crippen molar-refractivity contribution in [2.45, 2.75) is 26.5 Å². The summed E-state index contributed by atoms with van der Waals surface area (Å²) < 4.78 is 5.91. The highest BCUT2D eigenvalue weighted by Crippen LogP contribution is 2.27. The van der Waals surface area contributed by atoms with Gasteiger partial charge in [0.2, 0.25) is 0 Å². The Bertz CT molecular complexity index is 945. The molecule has 2 aromatic carbocycles. The standard InChI is InChI=1S/C20H23N3O2/c1-13(2)25-18-10-9-14(11-15(18)12-23(3)4)19-21-17-8-6-5-7-16(17)20(24)22-19/h5-11,13H,12H2,1-4H3,(H,21,22,24). The van der Waals surface area contributed by atoms with Crippen LogP contribution in [0.1, 0.15) is 19.4 Å². The zero-order valence-corrected chi connectivity index (χ0v) is 15.0. The molecule has 3 rings (SSSR count). The van der Waals surface area contributed by atoms with E-state index >= 15 is 0 Å². The first kappa shape index (κ1) is 17.2. The Hall–Kier alpha value is -2.66. The lowest BCUT2D eigenvalue weighted by Crippen LogP contribution is -2.14. The van der Waals surface area contributed by atoms with Gasteiger partial charge in [-0.1, -0.05) is 12.1 Å². The molecule has 5 nitrogen and oxygen atoms in total.